The summed E-state index contributed by atoms with van der Waals surface area (Å²) in [5.74, 6) is -0.280. The van der Waals surface area contributed by atoms with Crippen LogP contribution in [0.1, 0.15) is 18.5 Å². The van der Waals surface area contributed by atoms with E-state index in [9.17, 15) is 13.2 Å². The number of aromatic nitrogens is 2. The average molecular weight is 509 g/mol. The Balaban J connectivity index is 1.62. The normalized spacial score (nSPS) is 16.1. The molecule has 4 rings (SSSR count). The van der Waals surface area contributed by atoms with Crippen LogP contribution in [0.5, 0.6) is 0 Å². The number of amides is 1. The number of benzene rings is 1. The Labute approximate surface area is 187 Å². The van der Waals surface area contributed by atoms with Gasteiger partial charge in [0, 0.05) is 29.7 Å². The molecule has 158 valence electrons. The van der Waals surface area contributed by atoms with E-state index in [0.717, 1.165) is 20.4 Å². The zero-order valence-corrected chi connectivity index (χ0v) is 19.6. The van der Waals surface area contributed by atoms with Gasteiger partial charge in [0.15, 0.2) is 5.13 Å². The predicted octanol–water partition coefficient (Wildman–Crippen LogP) is 3.66. The molecule has 1 aliphatic rings. The Morgan fingerprint density at radius 2 is 2.03 bits per heavy atom. The largest absolute Gasteiger partial charge is 0.282 e. The highest BCUT2D eigenvalue weighted by Crippen LogP contribution is 2.33. The van der Waals surface area contributed by atoms with Crippen molar-refractivity contribution >= 4 is 58.5 Å². The molecular weight excluding hydrogens is 488 g/mol. The first-order valence-corrected chi connectivity index (χ1v) is 13.0. The molecular formula is C20H21BrN4O3S2. The third kappa shape index (κ3) is 4.72. The van der Waals surface area contributed by atoms with Gasteiger partial charge >= 0.3 is 0 Å². The lowest BCUT2D eigenvalue weighted by atomic mass is 9.96. The number of sulfonamides is 1. The van der Waals surface area contributed by atoms with Crippen molar-refractivity contribution in [2.24, 2.45) is 5.92 Å². The van der Waals surface area contributed by atoms with Gasteiger partial charge < -0.3 is 0 Å². The first kappa shape index (κ1) is 21.4. The molecule has 0 saturated carbocycles. The van der Waals surface area contributed by atoms with Gasteiger partial charge in [-0.05, 0) is 43.2 Å². The van der Waals surface area contributed by atoms with E-state index >= 15 is 0 Å². The van der Waals surface area contributed by atoms with Crippen molar-refractivity contribution in [3.63, 3.8) is 0 Å². The minimum absolute atomic E-state index is 0.0353. The average Bonchev–Trinajstić information content (AvgIpc) is 3.14. The van der Waals surface area contributed by atoms with Crippen LogP contribution in [-0.2, 0) is 21.4 Å². The Bertz CT molecular complexity index is 1160. The van der Waals surface area contributed by atoms with Crippen molar-refractivity contribution in [3.8, 4) is 0 Å². The molecule has 0 aliphatic carbocycles. The molecule has 3 aromatic rings. The van der Waals surface area contributed by atoms with Crippen LogP contribution in [0.2, 0.25) is 0 Å². The van der Waals surface area contributed by atoms with Gasteiger partial charge in [0.1, 0.15) is 0 Å². The molecule has 2 aromatic heterocycles. The zero-order valence-electron chi connectivity index (χ0n) is 16.4. The van der Waals surface area contributed by atoms with Crippen LogP contribution in [0, 0.1) is 5.92 Å². The molecule has 1 fully saturated rings. The van der Waals surface area contributed by atoms with Gasteiger partial charge in [-0.3, -0.25) is 14.7 Å². The van der Waals surface area contributed by atoms with Crippen molar-refractivity contribution in [1.82, 2.24) is 14.3 Å². The number of hydrogen-bond donors (Lipinski definition) is 0. The summed E-state index contributed by atoms with van der Waals surface area (Å²) in [6.45, 7) is 1.05. The molecule has 7 nitrogen and oxygen atoms in total. The summed E-state index contributed by atoms with van der Waals surface area (Å²) < 4.78 is 27.0. The maximum Gasteiger partial charge on any atom is 0.232 e. The summed E-state index contributed by atoms with van der Waals surface area (Å²) in [7, 11) is -3.23. The quantitative estimate of drug-likeness (QED) is 0.524. The number of thiazole rings is 1. The molecule has 30 heavy (non-hydrogen) atoms. The number of carbonyl (C=O) groups is 1. The summed E-state index contributed by atoms with van der Waals surface area (Å²) in [4.78, 5) is 24.2. The van der Waals surface area contributed by atoms with Gasteiger partial charge in [-0.1, -0.05) is 33.3 Å². The molecule has 1 saturated heterocycles. The standard InChI is InChI=1S/C20H21BrN4O3S2/c1-30(27,28)24-10-7-14(8-11-24)19(26)25(13-16-4-2-3-9-22-16)20-23-17-6-5-15(21)12-18(17)29-20/h2-6,9,12,14H,7-8,10-11,13H2,1H3. The number of piperidine rings is 1. The minimum atomic E-state index is -3.23. The van der Waals surface area contributed by atoms with Crippen LogP contribution in [0.3, 0.4) is 0 Å². The SMILES string of the molecule is CS(=O)(=O)N1CCC(C(=O)N(Cc2ccccn2)c2nc3ccc(Br)cc3s2)CC1. The minimum Gasteiger partial charge on any atom is -0.282 e. The number of rotatable bonds is 5. The molecule has 0 bridgehead atoms. The second-order valence-corrected chi connectivity index (χ2v) is 11.2. The summed E-state index contributed by atoms with van der Waals surface area (Å²) in [6.07, 6.45) is 3.92. The van der Waals surface area contributed by atoms with Gasteiger partial charge in [-0.15, -0.1) is 0 Å². The molecule has 0 spiro atoms. The fourth-order valence-corrected chi connectivity index (χ4v) is 5.95. The maximum absolute atomic E-state index is 13.5. The van der Waals surface area contributed by atoms with Gasteiger partial charge in [0.25, 0.3) is 0 Å². The van der Waals surface area contributed by atoms with E-state index in [2.05, 4.69) is 25.9 Å². The molecule has 1 amide bonds. The first-order chi connectivity index (χ1) is 14.3. The highest BCUT2D eigenvalue weighted by atomic mass is 79.9. The van der Waals surface area contributed by atoms with Crippen molar-refractivity contribution < 1.29 is 13.2 Å². The second-order valence-electron chi connectivity index (χ2n) is 7.29. The summed E-state index contributed by atoms with van der Waals surface area (Å²) in [6, 6.07) is 11.5. The highest BCUT2D eigenvalue weighted by molar-refractivity contribution is 9.10. The van der Waals surface area contributed by atoms with E-state index < -0.39 is 10.0 Å². The zero-order chi connectivity index (χ0) is 21.3. The van der Waals surface area contributed by atoms with E-state index in [1.54, 1.807) is 11.1 Å². The monoisotopic (exact) mass is 508 g/mol. The van der Waals surface area contributed by atoms with E-state index in [1.165, 1.54) is 21.9 Å². The third-order valence-electron chi connectivity index (χ3n) is 5.15. The van der Waals surface area contributed by atoms with E-state index in [1.807, 2.05) is 36.4 Å². The van der Waals surface area contributed by atoms with Crippen molar-refractivity contribution in [2.75, 3.05) is 24.2 Å². The van der Waals surface area contributed by atoms with Crippen LogP contribution in [0.15, 0.2) is 47.1 Å². The van der Waals surface area contributed by atoms with E-state index in [-0.39, 0.29) is 11.8 Å². The van der Waals surface area contributed by atoms with Crippen LogP contribution >= 0.6 is 27.3 Å². The molecule has 3 heterocycles. The number of hydrogen-bond acceptors (Lipinski definition) is 6. The van der Waals surface area contributed by atoms with Crippen molar-refractivity contribution in [3.05, 3.63) is 52.8 Å². The van der Waals surface area contributed by atoms with Gasteiger partial charge in [-0.2, -0.15) is 0 Å². The number of anilines is 1. The fourth-order valence-electron chi connectivity index (χ4n) is 3.55. The lowest BCUT2D eigenvalue weighted by molar-refractivity contribution is -0.123. The predicted molar refractivity (Wildman–Crippen MR) is 122 cm³/mol. The smallest absolute Gasteiger partial charge is 0.232 e. The lowest BCUT2D eigenvalue weighted by Crippen LogP contribution is -2.44. The van der Waals surface area contributed by atoms with Crippen LogP contribution in [0.4, 0.5) is 5.13 Å². The maximum atomic E-state index is 13.5. The molecule has 0 N–H and O–H groups in total. The molecule has 1 aromatic carbocycles. The summed E-state index contributed by atoms with van der Waals surface area (Å²) >= 11 is 4.95. The highest BCUT2D eigenvalue weighted by Gasteiger charge is 2.33. The number of pyridine rings is 1. The second kappa shape index (κ2) is 8.70. The van der Waals surface area contributed by atoms with E-state index in [0.29, 0.717) is 37.6 Å². The lowest BCUT2D eigenvalue weighted by Gasteiger charge is -2.32. The van der Waals surface area contributed by atoms with E-state index in [4.69, 9.17) is 0 Å². The topological polar surface area (TPSA) is 83.5 Å². The Morgan fingerprint density at radius 3 is 2.70 bits per heavy atom. The third-order valence-corrected chi connectivity index (χ3v) is 7.99. The Morgan fingerprint density at radius 1 is 1.27 bits per heavy atom. The van der Waals surface area contributed by atoms with Crippen LogP contribution in [0.25, 0.3) is 10.2 Å². The molecule has 1 aliphatic heterocycles. The number of nitrogens with zero attached hydrogens (tertiary/aromatic N) is 4. The molecule has 0 atom stereocenters. The fraction of sp³-hybridized carbons (Fsp3) is 0.350. The number of fused-ring (bicyclic) bond motifs is 1. The van der Waals surface area contributed by atoms with Gasteiger partial charge in [-0.25, -0.2) is 17.7 Å². The first-order valence-electron chi connectivity index (χ1n) is 9.54. The van der Waals surface area contributed by atoms with Crippen LogP contribution < -0.4 is 4.90 Å². The van der Waals surface area contributed by atoms with Gasteiger partial charge in [0.05, 0.1) is 28.7 Å². The summed E-state index contributed by atoms with van der Waals surface area (Å²) in [5.41, 5.74) is 1.61. The molecule has 0 radical (unpaired) electrons. The summed E-state index contributed by atoms with van der Waals surface area (Å²) in [5, 5.41) is 0.629. The molecule has 10 heteroatoms. The van der Waals surface area contributed by atoms with Crippen LogP contribution in [-0.4, -0.2) is 47.9 Å². The van der Waals surface area contributed by atoms with Crippen molar-refractivity contribution in [1.29, 1.82) is 0 Å². The van der Waals surface area contributed by atoms with Gasteiger partial charge in [0.2, 0.25) is 15.9 Å². The number of halogens is 1. The van der Waals surface area contributed by atoms with Crippen molar-refractivity contribution in [2.45, 2.75) is 19.4 Å². The molecule has 0 unspecified atom stereocenters. The Hall–Kier alpha value is -1.88. The Kier molecular flexibility index (Phi) is 6.19. The number of carbonyl (C=O) groups excluding carboxylic acids is 1.